The summed E-state index contributed by atoms with van der Waals surface area (Å²) in [5, 5.41) is 12.4. The number of pyridine rings is 1. The van der Waals surface area contributed by atoms with E-state index in [0.29, 0.717) is 41.8 Å². The van der Waals surface area contributed by atoms with Crippen molar-refractivity contribution in [3.05, 3.63) is 81.8 Å². The van der Waals surface area contributed by atoms with Crippen molar-refractivity contribution in [1.29, 1.82) is 5.26 Å². The molecule has 43 heavy (non-hydrogen) atoms. The van der Waals surface area contributed by atoms with Crippen LogP contribution in [0.5, 0.6) is 0 Å². The molecular formula is C32H30ClFN4O5. The topological polar surface area (TPSA) is 122 Å². The quantitative estimate of drug-likeness (QED) is 0.337. The van der Waals surface area contributed by atoms with E-state index in [1.807, 2.05) is 25.1 Å². The molecule has 1 N–H and O–H groups in total. The first-order valence-corrected chi connectivity index (χ1v) is 14.4. The van der Waals surface area contributed by atoms with Crippen molar-refractivity contribution in [2.45, 2.75) is 51.2 Å². The van der Waals surface area contributed by atoms with Crippen LogP contribution in [0.3, 0.4) is 0 Å². The van der Waals surface area contributed by atoms with Gasteiger partial charge in [-0.25, -0.2) is 9.18 Å². The van der Waals surface area contributed by atoms with E-state index in [-0.39, 0.29) is 47.4 Å². The van der Waals surface area contributed by atoms with Crippen molar-refractivity contribution in [2.24, 2.45) is 5.92 Å². The second kappa shape index (κ2) is 12.8. The normalized spacial score (nSPS) is 20.4. The second-order valence-electron chi connectivity index (χ2n) is 10.7. The molecule has 2 bridgehead atoms. The Morgan fingerprint density at radius 2 is 2.02 bits per heavy atom. The maximum Gasteiger partial charge on any atom is 0.410 e. The first kappa shape index (κ1) is 30.0. The zero-order valence-electron chi connectivity index (χ0n) is 23.7. The molecule has 1 saturated heterocycles. The van der Waals surface area contributed by atoms with E-state index in [0.717, 1.165) is 5.56 Å². The number of amides is 2. The minimum absolute atomic E-state index is 0.0177. The van der Waals surface area contributed by atoms with Gasteiger partial charge in [0.15, 0.2) is 0 Å². The molecule has 2 aliphatic heterocycles. The molecule has 3 atom stereocenters. The van der Waals surface area contributed by atoms with Gasteiger partial charge < -0.3 is 19.7 Å². The van der Waals surface area contributed by atoms with Gasteiger partial charge in [0.25, 0.3) is 0 Å². The number of halogens is 2. The second-order valence-corrected chi connectivity index (χ2v) is 11.1. The van der Waals surface area contributed by atoms with Crippen LogP contribution in [0.15, 0.2) is 48.7 Å². The molecule has 0 radical (unpaired) electrons. The van der Waals surface area contributed by atoms with Crippen LogP contribution < -0.4 is 5.32 Å². The minimum Gasteiger partial charge on any atom is -0.469 e. The maximum atomic E-state index is 15.0. The Morgan fingerprint density at radius 3 is 2.77 bits per heavy atom. The Bertz CT molecular complexity index is 1620. The van der Waals surface area contributed by atoms with E-state index in [1.54, 1.807) is 29.3 Å². The smallest absolute Gasteiger partial charge is 0.410 e. The lowest BCUT2D eigenvalue weighted by molar-refractivity contribution is -0.139. The van der Waals surface area contributed by atoms with Crippen LogP contribution in [0.2, 0.25) is 5.02 Å². The standard InChI is InChI=1S/C32H30ClFN4O5/c1-18-4-3-5-26(38-13-11-27(43-32(38)41)29-21(17-35)7-9-23(33)30(29)34)20-10-12-36-24(16-20)22-8-6-19(15-28(39)42-2)14-25(22)37-31(18)40/h6-10,12,14,16,18,26-27H,3-5,11,13,15H2,1-2H3,(H,37,40)/t18-,26+,27+/m1/s1. The summed E-state index contributed by atoms with van der Waals surface area (Å²) in [5.41, 5.74) is 3.33. The Labute approximate surface area is 253 Å². The minimum atomic E-state index is -0.953. The van der Waals surface area contributed by atoms with Gasteiger partial charge in [0.1, 0.15) is 11.9 Å². The lowest BCUT2D eigenvalue weighted by atomic mass is 9.92. The first-order valence-electron chi connectivity index (χ1n) is 14.0. The Kier molecular flexibility index (Phi) is 8.92. The van der Waals surface area contributed by atoms with Gasteiger partial charge in [-0.15, -0.1) is 0 Å². The van der Waals surface area contributed by atoms with Gasteiger partial charge >= 0.3 is 12.1 Å². The fourth-order valence-corrected chi connectivity index (χ4v) is 5.80. The molecule has 0 spiro atoms. The van der Waals surface area contributed by atoms with Gasteiger partial charge in [-0.3, -0.25) is 14.6 Å². The summed E-state index contributed by atoms with van der Waals surface area (Å²) < 4.78 is 25.5. The predicted molar refractivity (Wildman–Crippen MR) is 156 cm³/mol. The molecule has 3 heterocycles. The van der Waals surface area contributed by atoms with Crippen LogP contribution in [0.4, 0.5) is 14.9 Å². The summed E-state index contributed by atoms with van der Waals surface area (Å²) in [6, 6.07) is 13.4. The van der Waals surface area contributed by atoms with Crippen molar-refractivity contribution in [2.75, 3.05) is 19.0 Å². The number of methoxy groups -OCH3 is 1. The lowest BCUT2D eigenvalue weighted by Crippen LogP contribution is -2.42. The fourth-order valence-electron chi connectivity index (χ4n) is 5.64. The Morgan fingerprint density at radius 1 is 1.21 bits per heavy atom. The highest BCUT2D eigenvalue weighted by atomic mass is 35.5. The van der Waals surface area contributed by atoms with Gasteiger partial charge in [-0.2, -0.15) is 5.26 Å². The molecule has 11 heteroatoms. The number of nitrogens with zero attached hydrogens (tertiary/aromatic N) is 3. The van der Waals surface area contributed by atoms with E-state index < -0.39 is 30.0 Å². The highest BCUT2D eigenvalue weighted by Gasteiger charge is 2.36. The molecule has 222 valence electrons. The molecule has 1 aromatic heterocycles. The number of fused-ring (bicyclic) bond motifs is 4. The number of ether oxygens (including phenoxy) is 2. The predicted octanol–water partition coefficient (Wildman–Crippen LogP) is 6.51. The van der Waals surface area contributed by atoms with Gasteiger partial charge in [0, 0.05) is 36.2 Å². The zero-order valence-corrected chi connectivity index (χ0v) is 24.5. The Balaban J connectivity index is 1.48. The molecule has 3 aromatic rings. The molecule has 2 amide bonds. The number of aromatic nitrogens is 1. The largest absolute Gasteiger partial charge is 0.469 e. The van der Waals surface area contributed by atoms with Crippen LogP contribution in [-0.4, -0.2) is 41.5 Å². The van der Waals surface area contributed by atoms with Crippen LogP contribution in [0.1, 0.15) is 67.0 Å². The third kappa shape index (κ3) is 6.32. The number of nitrogens with one attached hydrogen (secondary N) is 1. The average Bonchev–Trinajstić information content (AvgIpc) is 3.00. The highest BCUT2D eigenvalue weighted by Crippen LogP contribution is 2.39. The molecule has 0 saturated carbocycles. The lowest BCUT2D eigenvalue weighted by Gasteiger charge is -2.38. The first-order chi connectivity index (χ1) is 20.7. The molecule has 9 nitrogen and oxygen atoms in total. The van der Waals surface area contributed by atoms with Crippen molar-refractivity contribution >= 4 is 35.3 Å². The summed E-state index contributed by atoms with van der Waals surface area (Å²) in [5.74, 6) is -1.65. The third-order valence-corrected chi connectivity index (χ3v) is 8.28. The number of benzene rings is 2. The summed E-state index contributed by atoms with van der Waals surface area (Å²) >= 11 is 5.98. The van der Waals surface area contributed by atoms with Gasteiger partial charge in [0.05, 0.1) is 47.6 Å². The number of cyclic esters (lactones) is 1. The number of nitriles is 1. The molecular weight excluding hydrogens is 575 g/mol. The van der Waals surface area contributed by atoms with Gasteiger partial charge in [-0.05, 0) is 54.3 Å². The molecule has 0 aliphatic carbocycles. The van der Waals surface area contributed by atoms with Crippen molar-refractivity contribution in [3.8, 4) is 17.3 Å². The van der Waals surface area contributed by atoms with Crippen LogP contribution in [0, 0.1) is 23.1 Å². The SMILES string of the molecule is COC(=O)Cc1ccc2c(c1)NC(=O)[C@H](C)CCC[C@H](N1CC[C@@H](c3c(C#N)ccc(Cl)c3F)OC1=O)c1ccnc-2c1. The van der Waals surface area contributed by atoms with E-state index in [2.05, 4.69) is 10.3 Å². The molecule has 1 fully saturated rings. The van der Waals surface area contributed by atoms with Crippen molar-refractivity contribution in [3.63, 3.8) is 0 Å². The summed E-state index contributed by atoms with van der Waals surface area (Å²) in [6.45, 7) is 2.10. The highest BCUT2D eigenvalue weighted by molar-refractivity contribution is 6.30. The molecule has 5 rings (SSSR count). The monoisotopic (exact) mass is 604 g/mol. The van der Waals surface area contributed by atoms with Crippen LogP contribution in [-0.2, 0) is 25.5 Å². The fraction of sp³-hybridized carbons (Fsp3) is 0.344. The summed E-state index contributed by atoms with van der Waals surface area (Å²) in [7, 11) is 1.32. The average molecular weight is 605 g/mol. The number of carbonyl (C=O) groups excluding carboxylic acids is 3. The number of rotatable bonds is 4. The number of hydrogen-bond donors (Lipinski definition) is 1. The number of carbonyl (C=O) groups is 3. The Hall–Kier alpha value is -4.49. The molecule has 2 aliphatic rings. The zero-order chi connectivity index (χ0) is 30.7. The number of hydrogen-bond acceptors (Lipinski definition) is 7. The van der Waals surface area contributed by atoms with E-state index in [4.69, 9.17) is 21.1 Å². The van der Waals surface area contributed by atoms with E-state index >= 15 is 0 Å². The third-order valence-electron chi connectivity index (χ3n) is 7.99. The van der Waals surface area contributed by atoms with Crippen molar-refractivity contribution < 1.29 is 28.2 Å². The van der Waals surface area contributed by atoms with E-state index in [9.17, 15) is 24.0 Å². The van der Waals surface area contributed by atoms with E-state index in [1.165, 1.54) is 19.2 Å². The van der Waals surface area contributed by atoms with Crippen LogP contribution in [0.25, 0.3) is 11.3 Å². The number of anilines is 1. The molecule has 0 unspecified atom stereocenters. The van der Waals surface area contributed by atoms with Gasteiger partial charge in [-0.1, -0.05) is 37.1 Å². The van der Waals surface area contributed by atoms with Crippen LogP contribution >= 0.6 is 11.6 Å². The maximum absolute atomic E-state index is 15.0. The summed E-state index contributed by atoms with van der Waals surface area (Å²) in [6.07, 6.45) is 2.15. The van der Waals surface area contributed by atoms with Crippen molar-refractivity contribution in [1.82, 2.24) is 9.88 Å². The number of esters is 1. The summed E-state index contributed by atoms with van der Waals surface area (Å²) in [4.78, 5) is 44.7. The molecule has 2 aromatic carbocycles. The van der Waals surface area contributed by atoms with Gasteiger partial charge in [0.2, 0.25) is 5.91 Å².